The minimum absolute atomic E-state index is 0.794. The molecule has 0 aliphatic heterocycles. The fourth-order valence-electron chi connectivity index (χ4n) is 5.70. The Hall–Kier alpha value is -4.03. The lowest BCUT2D eigenvalue weighted by Gasteiger charge is -2.07. The molecule has 2 nitrogen and oxygen atoms in total. The van der Waals surface area contributed by atoms with Gasteiger partial charge in [-0.3, -0.25) is 0 Å². The van der Waals surface area contributed by atoms with Crippen LogP contribution in [0.3, 0.4) is 0 Å². The number of hydrogen-bond acceptors (Lipinski definition) is 1. The van der Waals surface area contributed by atoms with Crippen molar-refractivity contribution in [1.82, 2.24) is 4.57 Å². The van der Waals surface area contributed by atoms with Crippen LogP contribution in [-0.4, -0.2) is 20.9 Å². The first-order valence-corrected chi connectivity index (χ1v) is 13.2. The van der Waals surface area contributed by atoms with Crippen molar-refractivity contribution < 1.29 is 4.42 Å². The molecule has 37 heavy (non-hydrogen) atoms. The first kappa shape index (κ1) is 22.2. The van der Waals surface area contributed by atoms with E-state index in [1.54, 1.807) is 0 Å². The maximum Gasteiger partial charge on any atom is 0.176 e. The van der Waals surface area contributed by atoms with Crippen molar-refractivity contribution in [2.45, 2.75) is 13.5 Å². The average molecular weight is 490 g/mol. The Morgan fingerprint density at radius 3 is 2.30 bits per heavy atom. The standard InChI is InChI=1S/C34H24NO.Al/c1-23-26(31-21-19-25-12-5-7-15-28(25)34(31)36-23)13-3-2-10-22-35-32-17-9-8-16-29(32)30-20-18-24-11-4-6-14-27(24)33(30)35;/h2-15,17-21H,22H2,1H3;/b10-2-,13-3-;. The highest BCUT2D eigenvalue weighted by molar-refractivity contribution is 6.42. The molecule has 0 aliphatic carbocycles. The van der Waals surface area contributed by atoms with E-state index in [-0.39, 0.29) is 0 Å². The molecule has 0 atom stereocenters. The van der Waals surface area contributed by atoms with Crippen LogP contribution < -0.4 is 4.43 Å². The lowest BCUT2D eigenvalue weighted by atomic mass is 10.0. The molecule has 0 unspecified atom stereocenters. The Bertz CT molecular complexity index is 2040. The summed E-state index contributed by atoms with van der Waals surface area (Å²) in [7, 11) is 0. The summed E-state index contributed by atoms with van der Waals surface area (Å²) in [6.45, 7) is 2.84. The molecule has 2 heterocycles. The number of fused-ring (bicyclic) bond motifs is 8. The van der Waals surface area contributed by atoms with Crippen molar-refractivity contribution in [2.75, 3.05) is 0 Å². The highest BCUT2D eigenvalue weighted by Crippen LogP contribution is 2.34. The van der Waals surface area contributed by atoms with Crippen LogP contribution in [0.1, 0.15) is 11.3 Å². The zero-order valence-electron chi connectivity index (χ0n) is 20.6. The molecule has 0 fully saturated rings. The van der Waals surface area contributed by atoms with Gasteiger partial charge in [0, 0.05) is 39.2 Å². The summed E-state index contributed by atoms with van der Waals surface area (Å²) in [4.78, 5) is 0. The summed E-state index contributed by atoms with van der Waals surface area (Å²) in [5.41, 5.74) is 4.65. The van der Waals surface area contributed by atoms with Gasteiger partial charge in [0.25, 0.3) is 0 Å². The monoisotopic (exact) mass is 489 g/mol. The SMILES string of the molecule is Cc1oc2c(ccc3ccccc32)c1/C=C\C=C/Cn1c2ccc[c]([Al])c2c2ccc3ccccc3c21. The van der Waals surface area contributed by atoms with Crippen LogP contribution in [0.15, 0.2) is 114 Å². The predicted octanol–water partition coefficient (Wildman–Crippen LogP) is 8.22. The second kappa shape index (κ2) is 8.82. The van der Waals surface area contributed by atoms with E-state index in [9.17, 15) is 0 Å². The summed E-state index contributed by atoms with van der Waals surface area (Å²) in [5, 5.41) is 8.68. The van der Waals surface area contributed by atoms with Gasteiger partial charge in [-0.1, -0.05) is 103 Å². The number of rotatable bonds is 4. The highest BCUT2D eigenvalue weighted by Gasteiger charge is 2.14. The quantitative estimate of drug-likeness (QED) is 0.180. The number of allylic oxidation sites excluding steroid dienone is 3. The molecular weight excluding hydrogens is 465 g/mol. The van der Waals surface area contributed by atoms with Gasteiger partial charge in [0.05, 0.1) is 5.52 Å². The molecular formula is C34H24AlNO. The molecule has 2 aromatic heterocycles. The van der Waals surface area contributed by atoms with Crippen LogP contribution in [0.25, 0.3) is 60.4 Å². The summed E-state index contributed by atoms with van der Waals surface area (Å²) >= 11 is 2.92. The van der Waals surface area contributed by atoms with Gasteiger partial charge in [0.15, 0.2) is 16.3 Å². The molecule has 0 saturated carbocycles. The zero-order chi connectivity index (χ0) is 24.9. The summed E-state index contributed by atoms with van der Waals surface area (Å²) in [5.74, 6) is 0.942. The number of aromatic nitrogens is 1. The number of benzene rings is 5. The molecule has 7 aromatic rings. The Kier molecular flexibility index (Phi) is 5.29. The van der Waals surface area contributed by atoms with Crippen LogP contribution in [0, 0.1) is 6.92 Å². The van der Waals surface area contributed by atoms with E-state index < -0.39 is 0 Å². The second-order valence-electron chi connectivity index (χ2n) is 9.56. The number of hydrogen-bond donors (Lipinski definition) is 0. The molecule has 0 spiro atoms. The van der Waals surface area contributed by atoms with Crippen LogP contribution in [0.4, 0.5) is 0 Å². The van der Waals surface area contributed by atoms with Gasteiger partial charge in [0.1, 0.15) is 11.3 Å². The van der Waals surface area contributed by atoms with E-state index in [2.05, 4.69) is 136 Å². The topological polar surface area (TPSA) is 18.1 Å². The van der Waals surface area contributed by atoms with Crippen molar-refractivity contribution >= 4 is 81.1 Å². The molecule has 0 saturated heterocycles. The maximum atomic E-state index is 6.20. The molecule has 2 radical (unpaired) electrons. The molecule has 0 aliphatic rings. The third-order valence-corrected chi connectivity index (χ3v) is 7.89. The van der Waals surface area contributed by atoms with Gasteiger partial charge in [0.2, 0.25) is 0 Å². The molecule has 7 rings (SSSR count). The van der Waals surface area contributed by atoms with Crippen molar-refractivity contribution in [3.8, 4) is 0 Å². The van der Waals surface area contributed by atoms with Crippen molar-refractivity contribution in [1.29, 1.82) is 0 Å². The van der Waals surface area contributed by atoms with Gasteiger partial charge < -0.3 is 8.98 Å². The van der Waals surface area contributed by atoms with Crippen LogP contribution in [0.2, 0.25) is 0 Å². The fourth-order valence-corrected chi connectivity index (χ4v) is 6.11. The Labute approximate surface area is 223 Å². The Balaban J connectivity index is 1.27. The van der Waals surface area contributed by atoms with Gasteiger partial charge in [-0.2, -0.15) is 0 Å². The summed E-state index contributed by atoms with van der Waals surface area (Å²) in [6, 6.07) is 32.4. The van der Waals surface area contributed by atoms with Gasteiger partial charge in [-0.05, 0) is 35.2 Å². The first-order valence-electron chi connectivity index (χ1n) is 12.6. The summed E-state index contributed by atoms with van der Waals surface area (Å²) in [6.07, 6.45) is 8.67. The van der Waals surface area contributed by atoms with Crippen molar-refractivity contribution in [3.05, 3.63) is 121 Å². The van der Waals surface area contributed by atoms with E-state index in [1.165, 1.54) is 42.4 Å². The Morgan fingerprint density at radius 2 is 1.46 bits per heavy atom. The lowest BCUT2D eigenvalue weighted by Crippen LogP contribution is -2.02. The molecule has 3 heteroatoms. The highest BCUT2D eigenvalue weighted by atomic mass is 27.0. The van der Waals surface area contributed by atoms with Gasteiger partial charge >= 0.3 is 0 Å². The van der Waals surface area contributed by atoms with Crippen LogP contribution in [-0.2, 0) is 6.54 Å². The van der Waals surface area contributed by atoms with E-state index >= 15 is 0 Å². The minimum Gasteiger partial charge on any atom is -0.460 e. The maximum absolute atomic E-state index is 6.20. The third kappa shape index (κ3) is 3.55. The fraction of sp³-hybridized carbons (Fsp3) is 0.0588. The average Bonchev–Trinajstić information content (AvgIpc) is 3.43. The Morgan fingerprint density at radius 1 is 0.730 bits per heavy atom. The lowest BCUT2D eigenvalue weighted by molar-refractivity contribution is 0.580. The van der Waals surface area contributed by atoms with Gasteiger partial charge in [-0.15, -0.1) is 4.43 Å². The third-order valence-electron chi connectivity index (χ3n) is 7.41. The van der Waals surface area contributed by atoms with Crippen LogP contribution >= 0.6 is 0 Å². The minimum atomic E-state index is 0.794. The molecule has 0 N–H and O–H groups in total. The summed E-state index contributed by atoms with van der Waals surface area (Å²) < 4.78 is 9.87. The molecule has 0 bridgehead atoms. The van der Waals surface area contributed by atoms with E-state index in [0.717, 1.165) is 34.2 Å². The predicted molar refractivity (Wildman–Crippen MR) is 159 cm³/mol. The second-order valence-corrected chi connectivity index (χ2v) is 10.2. The van der Waals surface area contributed by atoms with Gasteiger partial charge in [-0.25, -0.2) is 0 Å². The number of furan rings is 1. The van der Waals surface area contributed by atoms with Crippen molar-refractivity contribution in [2.24, 2.45) is 0 Å². The number of aryl methyl sites for hydroxylation is 1. The van der Waals surface area contributed by atoms with Crippen LogP contribution in [0.5, 0.6) is 0 Å². The smallest absolute Gasteiger partial charge is 0.176 e. The van der Waals surface area contributed by atoms with E-state index in [1.807, 2.05) is 6.92 Å². The zero-order valence-corrected chi connectivity index (χ0v) is 21.8. The van der Waals surface area contributed by atoms with Crippen molar-refractivity contribution in [3.63, 3.8) is 0 Å². The largest absolute Gasteiger partial charge is 0.460 e. The first-order chi connectivity index (χ1) is 18.2. The normalized spacial score (nSPS) is 12.5. The molecule has 5 aromatic carbocycles. The van der Waals surface area contributed by atoms with E-state index in [4.69, 9.17) is 4.42 Å². The molecule has 174 valence electrons. The number of nitrogens with zero attached hydrogens (tertiary/aromatic N) is 1. The van der Waals surface area contributed by atoms with E-state index in [0.29, 0.717) is 0 Å². The molecule has 0 amide bonds.